The summed E-state index contributed by atoms with van der Waals surface area (Å²) in [5, 5.41) is 3.36. The van der Waals surface area contributed by atoms with Gasteiger partial charge in [-0.15, -0.1) is 0 Å². The van der Waals surface area contributed by atoms with E-state index in [0.717, 1.165) is 32.8 Å². The third kappa shape index (κ3) is 6.60. The summed E-state index contributed by atoms with van der Waals surface area (Å²) in [5.41, 5.74) is 1.40. The maximum atomic E-state index is 6.02. The van der Waals surface area contributed by atoms with Crippen LogP contribution in [0.1, 0.15) is 38.2 Å². The number of nitrogens with zero attached hydrogens (tertiary/aromatic N) is 1. The van der Waals surface area contributed by atoms with Gasteiger partial charge in [0.1, 0.15) is 0 Å². The second-order valence-corrected chi connectivity index (χ2v) is 5.92. The van der Waals surface area contributed by atoms with E-state index in [-0.39, 0.29) is 0 Å². The van der Waals surface area contributed by atoms with Gasteiger partial charge >= 0.3 is 0 Å². The van der Waals surface area contributed by atoms with Crippen LogP contribution in [-0.2, 0) is 11.3 Å². The van der Waals surface area contributed by atoms with Gasteiger partial charge in [-0.2, -0.15) is 0 Å². The van der Waals surface area contributed by atoms with Crippen LogP contribution in [0.5, 0.6) is 0 Å². The minimum atomic E-state index is 0.447. The Hall–Kier alpha value is -0.900. The molecule has 1 heterocycles. The lowest BCUT2D eigenvalue weighted by Crippen LogP contribution is -2.23. The van der Waals surface area contributed by atoms with Crippen molar-refractivity contribution in [2.24, 2.45) is 0 Å². The van der Waals surface area contributed by atoms with Gasteiger partial charge in [0.2, 0.25) is 0 Å². The smallest absolute Gasteiger partial charge is 0.0714 e. The SMILES string of the molecule is CCNCCCCCOC1CCN(Cc2ccccc2)C1. The minimum Gasteiger partial charge on any atom is -0.377 e. The average molecular weight is 290 g/mol. The molecule has 0 radical (unpaired) electrons. The topological polar surface area (TPSA) is 24.5 Å². The molecule has 1 aliphatic heterocycles. The van der Waals surface area contributed by atoms with E-state index >= 15 is 0 Å². The Labute approximate surface area is 129 Å². The maximum Gasteiger partial charge on any atom is 0.0714 e. The highest BCUT2D eigenvalue weighted by Crippen LogP contribution is 2.16. The highest BCUT2D eigenvalue weighted by molar-refractivity contribution is 5.14. The molecule has 0 aliphatic carbocycles. The largest absolute Gasteiger partial charge is 0.377 e. The summed E-state index contributed by atoms with van der Waals surface area (Å²) in [5.74, 6) is 0. The fraction of sp³-hybridized carbons (Fsp3) is 0.667. The van der Waals surface area contributed by atoms with Gasteiger partial charge < -0.3 is 10.1 Å². The third-order valence-electron chi connectivity index (χ3n) is 4.08. The molecule has 118 valence electrons. The Kier molecular flexibility index (Phi) is 7.79. The molecule has 1 aromatic rings. The highest BCUT2D eigenvalue weighted by atomic mass is 16.5. The number of unbranched alkanes of at least 4 members (excludes halogenated alkanes) is 2. The number of benzene rings is 1. The van der Waals surface area contributed by atoms with Crippen molar-refractivity contribution in [1.29, 1.82) is 0 Å². The van der Waals surface area contributed by atoms with E-state index in [1.54, 1.807) is 0 Å². The first-order valence-corrected chi connectivity index (χ1v) is 8.47. The van der Waals surface area contributed by atoms with Crippen molar-refractivity contribution in [1.82, 2.24) is 10.2 Å². The molecule has 0 aromatic heterocycles. The van der Waals surface area contributed by atoms with Gasteiger partial charge in [0, 0.05) is 26.2 Å². The van der Waals surface area contributed by atoms with Crippen molar-refractivity contribution in [3.05, 3.63) is 35.9 Å². The zero-order valence-corrected chi connectivity index (χ0v) is 13.4. The van der Waals surface area contributed by atoms with Crippen molar-refractivity contribution >= 4 is 0 Å². The van der Waals surface area contributed by atoms with E-state index in [0.29, 0.717) is 6.10 Å². The summed E-state index contributed by atoms with van der Waals surface area (Å²) < 4.78 is 6.02. The Balaban J connectivity index is 1.52. The number of nitrogens with one attached hydrogen (secondary N) is 1. The Morgan fingerprint density at radius 2 is 2.05 bits per heavy atom. The lowest BCUT2D eigenvalue weighted by atomic mass is 10.2. The van der Waals surface area contributed by atoms with E-state index in [2.05, 4.69) is 47.5 Å². The second kappa shape index (κ2) is 9.93. The van der Waals surface area contributed by atoms with Crippen LogP contribution >= 0.6 is 0 Å². The number of rotatable bonds is 10. The molecule has 2 rings (SSSR count). The van der Waals surface area contributed by atoms with Crippen LogP contribution < -0.4 is 5.32 Å². The molecule has 0 saturated carbocycles. The maximum absolute atomic E-state index is 6.02. The van der Waals surface area contributed by atoms with Gasteiger partial charge in [-0.25, -0.2) is 0 Å². The fourth-order valence-electron chi connectivity index (χ4n) is 2.87. The van der Waals surface area contributed by atoms with Crippen LogP contribution in [-0.4, -0.2) is 43.8 Å². The lowest BCUT2D eigenvalue weighted by Gasteiger charge is -2.16. The number of ether oxygens (including phenoxy) is 1. The third-order valence-corrected chi connectivity index (χ3v) is 4.08. The molecule has 0 amide bonds. The van der Waals surface area contributed by atoms with Crippen molar-refractivity contribution in [2.75, 3.05) is 32.8 Å². The van der Waals surface area contributed by atoms with Gasteiger partial charge in [0.25, 0.3) is 0 Å². The predicted octanol–water partition coefficient (Wildman–Crippen LogP) is 3.06. The zero-order valence-electron chi connectivity index (χ0n) is 13.4. The van der Waals surface area contributed by atoms with E-state index in [1.807, 2.05) is 0 Å². The van der Waals surface area contributed by atoms with Crippen LogP contribution in [0.3, 0.4) is 0 Å². The van der Waals surface area contributed by atoms with E-state index < -0.39 is 0 Å². The highest BCUT2D eigenvalue weighted by Gasteiger charge is 2.22. The molecule has 0 bridgehead atoms. The van der Waals surface area contributed by atoms with E-state index in [4.69, 9.17) is 4.74 Å². The lowest BCUT2D eigenvalue weighted by molar-refractivity contribution is 0.0559. The molecule has 0 spiro atoms. The molecule has 1 saturated heterocycles. The molecule has 1 aromatic carbocycles. The van der Waals surface area contributed by atoms with Gasteiger partial charge in [-0.05, 0) is 44.3 Å². The van der Waals surface area contributed by atoms with Crippen LogP contribution in [0.4, 0.5) is 0 Å². The molecule has 1 unspecified atom stereocenters. The quantitative estimate of drug-likeness (QED) is 0.670. The van der Waals surface area contributed by atoms with Crippen LogP contribution in [0.2, 0.25) is 0 Å². The van der Waals surface area contributed by atoms with Gasteiger partial charge in [-0.3, -0.25) is 4.90 Å². The Bertz CT molecular complexity index is 369. The molecular formula is C18H30N2O. The summed E-state index contributed by atoms with van der Waals surface area (Å²) in [6.45, 7) is 8.62. The van der Waals surface area contributed by atoms with Crippen LogP contribution in [0.15, 0.2) is 30.3 Å². The summed E-state index contributed by atoms with van der Waals surface area (Å²) in [6.07, 6.45) is 5.36. The Morgan fingerprint density at radius 1 is 1.19 bits per heavy atom. The summed E-state index contributed by atoms with van der Waals surface area (Å²) >= 11 is 0. The number of likely N-dealkylation sites (tertiary alicyclic amines) is 1. The van der Waals surface area contributed by atoms with Crippen molar-refractivity contribution in [2.45, 2.75) is 45.3 Å². The van der Waals surface area contributed by atoms with Crippen LogP contribution in [0, 0.1) is 0 Å². The molecule has 1 aliphatic rings. The van der Waals surface area contributed by atoms with Gasteiger partial charge in [0.05, 0.1) is 6.10 Å². The van der Waals surface area contributed by atoms with Crippen molar-refractivity contribution in [3.63, 3.8) is 0 Å². The normalized spacial score (nSPS) is 19.2. The average Bonchev–Trinajstić information content (AvgIpc) is 2.95. The molecule has 1 atom stereocenters. The van der Waals surface area contributed by atoms with Gasteiger partial charge in [0.15, 0.2) is 0 Å². The standard InChI is InChI=1S/C18H30N2O/c1-2-19-12-7-4-8-14-21-18-11-13-20(16-18)15-17-9-5-3-6-10-17/h3,5-6,9-10,18-19H,2,4,7-8,11-16H2,1H3. The molecule has 1 fully saturated rings. The predicted molar refractivity (Wildman–Crippen MR) is 88.5 cm³/mol. The van der Waals surface area contributed by atoms with Gasteiger partial charge in [-0.1, -0.05) is 37.3 Å². The van der Waals surface area contributed by atoms with Crippen LogP contribution in [0.25, 0.3) is 0 Å². The summed E-state index contributed by atoms with van der Waals surface area (Å²) in [6, 6.07) is 10.7. The Morgan fingerprint density at radius 3 is 2.86 bits per heavy atom. The van der Waals surface area contributed by atoms with Crippen molar-refractivity contribution in [3.8, 4) is 0 Å². The first-order chi connectivity index (χ1) is 10.4. The number of hydrogen-bond acceptors (Lipinski definition) is 3. The summed E-state index contributed by atoms with van der Waals surface area (Å²) in [7, 11) is 0. The second-order valence-electron chi connectivity index (χ2n) is 5.92. The van der Waals surface area contributed by atoms with E-state index in [1.165, 1.54) is 37.8 Å². The molecule has 21 heavy (non-hydrogen) atoms. The molecule has 1 N–H and O–H groups in total. The monoisotopic (exact) mass is 290 g/mol. The van der Waals surface area contributed by atoms with Crippen molar-refractivity contribution < 1.29 is 4.74 Å². The zero-order chi connectivity index (χ0) is 14.8. The number of hydrogen-bond donors (Lipinski definition) is 1. The molecular weight excluding hydrogens is 260 g/mol. The molecule has 3 heteroatoms. The van der Waals surface area contributed by atoms with E-state index in [9.17, 15) is 0 Å². The molecule has 3 nitrogen and oxygen atoms in total. The minimum absolute atomic E-state index is 0.447. The summed E-state index contributed by atoms with van der Waals surface area (Å²) in [4.78, 5) is 2.51. The first-order valence-electron chi connectivity index (χ1n) is 8.47. The fourth-order valence-corrected chi connectivity index (χ4v) is 2.87. The first kappa shape index (κ1) is 16.5.